The molecule has 2 atom stereocenters. The molecule has 3 aromatic rings. The SMILES string of the molecule is COCC(=O)N1CCN(C(=O)c2ccc(N(C)C)cc2)C[C@H]1C(=O)N[C@H](Cc1c[nH]c2ccccc12)C(N)=O. The lowest BCUT2D eigenvalue weighted by Crippen LogP contribution is -2.63. The molecule has 206 valence electrons. The number of piperazine rings is 1. The number of methoxy groups -OCH3 is 1. The molecule has 11 nitrogen and oxygen atoms in total. The Kier molecular flexibility index (Phi) is 8.50. The van der Waals surface area contributed by atoms with E-state index in [1.165, 1.54) is 12.0 Å². The van der Waals surface area contributed by atoms with Crippen LogP contribution in [0.2, 0.25) is 0 Å². The predicted molar refractivity (Wildman–Crippen MR) is 147 cm³/mol. The number of ether oxygens (including phenoxy) is 1. The topological polar surface area (TPSA) is 141 Å². The highest BCUT2D eigenvalue weighted by atomic mass is 16.5. The van der Waals surface area contributed by atoms with Crippen LogP contribution in [0.5, 0.6) is 0 Å². The third kappa shape index (κ3) is 6.20. The minimum Gasteiger partial charge on any atom is -0.378 e. The number of primary amides is 1. The van der Waals surface area contributed by atoms with E-state index in [1.54, 1.807) is 23.2 Å². The highest BCUT2D eigenvalue weighted by molar-refractivity contribution is 5.97. The van der Waals surface area contributed by atoms with E-state index < -0.39 is 23.9 Å². The van der Waals surface area contributed by atoms with Gasteiger partial charge in [-0.1, -0.05) is 18.2 Å². The lowest BCUT2D eigenvalue weighted by molar-refractivity contribution is -0.146. The van der Waals surface area contributed by atoms with Gasteiger partial charge in [0.05, 0.1) is 6.54 Å². The number of hydrogen-bond acceptors (Lipinski definition) is 6. The molecule has 1 aromatic heterocycles. The zero-order chi connectivity index (χ0) is 28.1. The summed E-state index contributed by atoms with van der Waals surface area (Å²) >= 11 is 0. The summed E-state index contributed by atoms with van der Waals surface area (Å²) in [5.41, 5.74) is 8.82. The fraction of sp³-hybridized carbons (Fsp3) is 0.357. The van der Waals surface area contributed by atoms with Crippen molar-refractivity contribution in [2.45, 2.75) is 18.5 Å². The highest BCUT2D eigenvalue weighted by Crippen LogP contribution is 2.20. The first-order valence-electron chi connectivity index (χ1n) is 12.7. The smallest absolute Gasteiger partial charge is 0.254 e. The summed E-state index contributed by atoms with van der Waals surface area (Å²) in [6.45, 7) is 0.153. The molecule has 39 heavy (non-hydrogen) atoms. The number of aromatic nitrogens is 1. The van der Waals surface area contributed by atoms with Crippen molar-refractivity contribution in [1.82, 2.24) is 20.1 Å². The van der Waals surface area contributed by atoms with Crippen LogP contribution in [0, 0.1) is 0 Å². The molecule has 1 saturated heterocycles. The maximum absolute atomic E-state index is 13.5. The Labute approximate surface area is 226 Å². The van der Waals surface area contributed by atoms with Crippen LogP contribution >= 0.6 is 0 Å². The third-order valence-electron chi connectivity index (χ3n) is 6.95. The molecule has 2 heterocycles. The molecule has 0 radical (unpaired) electrons. The average Bonchev–Trinajstić information content (AvgIpc) is 3.34. The molecule has 1 fully saturated rings. The number of nitrogens with two attached hydrogens (primary N) is 1. The number of para-hydroxylation sites is 1. The molecule has 0 saturated carbocycles. The van der Waals surface area contributed by atoms with Crippen LogP contribution in [0.1, 0.15) is 15.9 Å². The quantitative estimate of drug-likeness (QED) is 0.370. The van der Waals surface area contributed by atoms with E-state index in [2.05, 4.69) is 10.3 Å². The van der Waals surface area contributed by atoms with Crippen LogP contribution in [-0.4, -0.2) is 97.9 Å². The average molecular weight is 535 g/mol. The van der Waals surface area contributed by atoms with E-state index in [9.17, 15) is 19.2 Å². The number of benzene rings is 2. The predicted octanol–water partition coefficient (Wildman–Crippen LogP) is 0.746. The zero-order valence-corrected chi connectivity index (χ0v) is 22.3. The summed E-state index contributed by atoms with van der Waals surface area (Å²) in [6.07, 6.45) is 1.95. The summed E-state index contributed by atoms with van der Waals surface area (Å²) < 4.78 is 5.00. The van der Waals surface area contributed by atoms with Crippen LogP contribution in [0.25, 0.3) is 10.9 Å². The largest absolute Gasteiger partial charge is 0.378 e. The molecule has 0 spiro atoms. The van der Waals surface area contributed by atoms with E-state index in [0.29, 0.717) is 5.56 Å². The van der Waals surface area contributed by atoms with Gasteiger partial charge in [0.2, 0.25) is 17.7 Å². The third-order valence-corrected chi connectivity index (χ3v) is 6.95. The fourth-order valence-electron chi connectivity index (χ4n) is 4.79. The standard InChI is InChI=1S/C28H34N6O5/c1-32(2)20-10-8-18(9-11-20)28(38)33-12-13-34(25(35)17-39-3)24(16-33)27(37)31-23(26(29)36)14-19-15-30-22-7-5-4-6-21(19)22/h4-11,15,23-24,30H,12-14,16-17H2,1-3H3,(H2,29,36)(H,31,37)/t23-,24+/m1/s1. The molecule has 0 bridgehead atoms. The number of nitrogens with zero attached hydrogens (tertiary/aromatic N) is 3. The van der Waals surface area contributed by atoms with Gasteiger partial charge in [0.25, 0.3) is 5.91 Å². The zero-order valence-electron chi connectivity index (χ0n) is 22.3. The monoisotopic (exact) mass is 534 g/mol. The Morgan fingerprint density at radius 2 is 1.82 bits per heavy atom. The summed E-state index contributed by atoms with van der Waals surface area (Å²) in [4.78, 5) is 60.0. The first-order chi connectivity index (χ1) is 18.7. The van der Waals surface area contributed by atoms with Crippen molar-refractivity contribution in [3.8, 4) is 0 Å². The van der Waals surface area contributed by atoms with Crippen molar-refractivity contribution in [3.05, 3.63) is 65.9 Å². The lowest BCUT2D eigenvalue weighted by atomic mass is 10.0. The van der Waals surface area contributed by atoms with Gasteiger partial charge in [0.15, 0.2) is 0 Å². The normalized spacial score (nSPS) is 16.1. The van der Waals surface area contributed by atoms with E-state index >= 15 is 0 Å². The Morgan fingerprint density at radius 1 is 1.10 bits per heavy atom. The van der Waals surface area contributed by atoms with E-state index in [-0.39, 0.29) is 44.5 Å². The molecule has 4 N–H and O–H groups in total. The number of fused-ring (bicyclic) bond motifs is 1. The first kappa shape index (κ1) is 27.6. The van der Waals surface area contributed by atoms with Crippen LogP contribution < -0.4 is 16.0 Å². The van der Waals surface area contributed by atoms with Gasteiger partial charge >= 0.3 is 0 Å². The van der Waals surface area contributed by atoms with Crippen molar-refractivity contribution >= 4 is 40.2 Å². The number of aromatic amines is 1. The van der Waals surface area contributed by atoms with Gasteiger partial charge in [-0.05, 0) is 35.9 Å². The van der Waals surface area contributed by atoms with Crippen LogP contribution in [0.4, 0.5) is 5.69 Å². The van der Waals surface area contributed by atoms with Crippen molar-refractivity contribution in [2.75, 3.05) is 52.3 Å². The number of nitrogens with one attached hydrogen (secondary N) is 2. The number of carbonyl (C=O) groups is 4. The second-order valence-corrected chi connectivity index (χ2v) is 9.76. The molecule has 0 aliphatic carbocycles. The molecule has 1 aliphatic rings. The highest BCUT2D eigenvalue weighted by Gasteiger charge is 2.38. The first-order valence-corrected chi connectivity index (χ1v) is 12.7. The number of H-pyrrole nitrogens is 1. The van der Waals surface area contributed by atoms with Crippen molar-refractivity contribution in [3.63, 3.8) is 0 Å². The summed E-state index contributed by atoms with van der Waals surface area (Å²) in [6, 6.07) is 12.7. The Morgan fingerprint density at radius 3 is 2.49 bits per heavy atom. The van der Waals surface area contributed by atoms with Crippen molar-refractivity contribution < 1.29 is 23.9 Å². The van der Waals surface area contributed by atoms with E-state index in [0.717, 1.165) is 22.2 Å². The van der Waals surface area contributed by atoms with Gasteiger partial charge in [-0.15, -0.1) is 0 Å². The van der Waals surface area contributed by atoms with Crippen LogP contribution in [0.3, 0.4) is 0 Å². The van der Waals surface area contributed by atoms with Crippen molar-refractivity contribution in [2.24, 2.45) is 5.73 Å². The van der Waals surface area contributed by atoms with E-state index in [4.69, 9.17) is 10.5 Å². The van der Waals surface area contributed by atoms with Crippen LogP contribution in [-0.2, 0) is 25.5 Å². The Bertz CT molecular complexity index is 1350. The lowest BCUT2D eigenvalue weighted by Gasteiger charge is -2.40. The molecule has 1 aliphatic heterocycles. The number of carbonyl (C=O) groups excluding carboxylic acids is 4. The van der Waals surface area contributed by atoms with Gasteiger partial charge in [-0.25, -0.2) is 0 Å². The second kappa shape index (κ2) is 12.0. The maximum Gasteiger partial charge on any atom is 0.254 e. The van der Waals surface area contributed by atoms with Gasteiger partial charge in [-0.3, -0.25) is 19.2 Å². The van der Waals surface area contributed by atoms with Gasteiger partial charge < -0.3 is 35.5 Å². The number of hydrogen-bond donors (Lipinski definition) is 3. The minimum absolute atomic E-state index is 0.0336. The molecule has 2 aromatic carbocycles. The second-order valence-electron chi connectivity index (χ2n) is 9.76. The molecular formula is C28H34N6O5. The Hall–Kier alpha value is -4.38. The fourth-order valence-corrected chi connectivity index (χ4v) is 4.79. The van der Waals surface area contributed by atoms with Gasteiger partial charge in [-0.2, -0.15) is 0 Å². The Balaban J connectivity index is 1.53. The molecule has 0 unspecified atom stereocenters. The summed E-state index contributed by atoms with van der Waals surface area (Å²) in [7, 11) is 5.22. The van der Waals surface area contributed by atoms with Crippen molar-refractivity contribution in [1.29, 1.82) is 0 Å². The minimum atomic E-state index is -1.02. The maximum atomic E-state index is 13.5. The molecule has 11 heteroatoms. The van der Waals surface area contributed by atoms with Crippen LogP contribution in [0.15, 0.2) is 54.7 Å². The molecule has 4 rings (SSSR count). The van der Waals surface area contributed by atoms with E-state index in [1.807, 2.05) is 55.4 Å². The number of rotatable bonds is 9. The number of amides is 4. The number of anilines is 1. The summed E-state index contributed by atoms with van der Waals surface area (Å²) in [5.74, 6) is -1.90. The summed E-state index contributed by atoms with van der Waals surface area (Å²) in [5, 5.41) is 3.65. The molecular weight excluding hydrogens is 500 g/mol. The van der Waals surface area contributed by atoms with Gasteiger partial charge in [0, 0.05) is 69.1 Å². The molecule has 4 amide bonds. The van der Waals surface area contributed by atoms with Gasteiger partial charge in [0.1, 0.15) is 18.7 Å².